The SMILES string of the molecule is CCOC(=O)C1C(=O)N(c2ccccc2)C(=O)c2c(O)ccc(OCC)c21. The van der Waals surface area contributed by atoms with E-state index in [4.69, 9.17) is 9.47 Å². The van der Waals surface area contributed by atoms with Crippen LogP contribution < -0.4 is 9.64 Å². The molecule has 0 aromatic heterocycles. The predicted molar refractivity (Wildman–Crippen MR) is 96.9 cm³/mol. The largest absolute Gasteiger partial charge is 0.507 e. The van der Waals surface area contributed by atoms with Crippen LogP contribution in [-0.4, -0.2) is 36.1 Å². The van der Waals surface area contributed by atoms with Crippen molar-refractivity contribution in [3.05, 3.63) is 53.6 Å². The zero-order chi connectivity index (χ0) is 19.6. The van der Waals surface area contributed by atoms with E-state index in [0.29, 0.717) is 5.69 Å². The Hall–Kier alpha value is -3.35. The van der Waals surface area contributed by atoms with E-state index in [1.54, 1.807) is 44.2 Å². The van der Waals surface area contributed by atoms with E-state index in [-0.39, 0.29) is 35.8 Å². The minimum Gasteiger partial charge on any atom is -0.507 e. The van der Waals surface area contributed by atoms with E-state index in [1.165, 1.54) is 12.1 Å². The molecule has 27 heavy (non-hydrogen) atoms. The number of hydrogen-bond acceptors (Lipinski definition) is 6. The highest BCUT2D eigenvalue weighted by Crippen LogP contribution is 2.42. The molecule has 1 N–H and O–H groups in total. The van der Waals surface area contributed by atoms with Crippen LogP contribution in [0.25, 0.3) is 0 Å². The molecule has 2 amide bonds. The number of aromatic hydroxyl groups is 1. The van der Waals surface area contributed by atoms with E-state index >= 15 is 0 Å². The highest BCUT2D eigenvalue weighted by Gasteiger charge is 2.47. The molecule has 7 heteroatoms. The maximum absolute atomic E-state index is 13.2. The predicted octanol–water partition coefficient (Wildman–Crippen LogP) is 2.62. The summed E-state index contributed by atoms with van der Waals surface area (Å²) in [5, 5.41) is 10.3. The number of hydrogen-bond donors (Lipinski definition) is 1. The summed E-state index contributed by atoms with van der Waals surface area (Å²) in [5.74, 6) is -3.82. The van der Waals surface area contributed by atoms with Gasteiger partial charge < -0.3 is 14.6 Å². The van der Waals surface area contributed by atoms with Crippen LogP contribution in [0.3, 0.4) is 0 Å². The molecule has 2 aromatic carbocycles. The number of fused-ring (bicyclic) bond motifs is 1. The van der Waals surface area contributed by atoms with Crippen molar-refractivity contribution in [1.82, 2.24) is 0 Å². The number of benzene rings is 2. The van der Waals surface area contributed by atoms with Crippen molar-refractivity contribution in [2.24, 2.45) is 0 Å². The lowest BCUT2D eigenvalue weighted by atomic mass is 9.86. The van der Waals surface area contributed by atoms with E-state index in [2.05, 4.69) is 0 Å². The van der Waals surface area contributed by atoms with Gasteiger partial charge in [-0.2, -0.15) is 0 Å². The fraction of sp³-hybridized carbons (Fsp3) is 0.250. The van der Waals surface area contributed by atoms with E-state index in [9.17, 15) is 19.5 Å². The quantitative estimate of drug-likeness (QED) is 0.495. The van der Waals surface area contributed by atoms with Crippen molar-refractivity contribution in [1.29, 1.82) is 0 Å². The molecule has 1 unspecified atom stereocenters. The van der Waals surface area contributed by atoms with Crippen LogP contribution in [0.2, 0.25) is 0 Å². The normalized spacial score (nSPS) is 16.1. The number of amides is 2. The van der Waals surface area contributed by atoms with Gasteiger partial charge in [-0.05, 0) is 38.1 Å². The molecule has 1 atom stereocenters. The Morgan fingerprint density at radius 2 is 1.78 bits per heavy atom. The van der Waals surface area contributed by atoms with Gasteiger partial charge in [0.2, 0.25) is 0 Å². The molecule has 0 fully saturated rings. The molecule has 0 spiro atoms. The maximum atomic E-state index is 13.2. The van der Waals surface area contributed by atoms with Crippen molar-refractivity contribution in [2.75, 3.05) is 18.1 Å². The Labute approximate surface area is 156 Å². The minimum atomic E-state index is -1.41. The highest BCUT2D eigenvalue weighted by atomic mass is 16.5. The third kappa shape index (κ3) is 3.12. The summed E-state index contributed by atoms with van der Waals surface area (Å²) in [4.78, 5) is 39.7. The Morgan fingerprint density at radius 3 is 2.41 bits per heavy atom. The second kappa shape index (κ2) is 7.49. The Balaban J connectivity index is 2.26. The van der Waals surface area contributed by atoms with E-state index < -0.39 is 23.7 Å². The molecule has 2 aromatic rings. The summed E-state index contributed by atoms with van der Waals surface area (Å²) in [6.07, 6.45) is 0. The number of para-hydroxylation sites is 1. The number of phenols is 1. The Kier molecular flexibility index (Phi) is 5.12. The number of rotatable bonds is 5. The molecule has 1 aliphatic heterocycles. The minimum absolute atomic E-state index is 0.0393. The van der Waals surface area contributed by atoms with Gasteiger partial charge in [0, 0.05) is 5.56 Å². The molecular formula is C20H19NO6. The zero-order valence-corrected chi connectivity index (χ0v) is 15.0. The first-order chi connectivity index (χ1) is 13.0. The fourth-order valence-corrected chi connectivity index (χ4v) is 3.11. The lowest BCUT2D eigenvalue weighted by Gasteiger charge is -2.32. The number of carbonyl (C=O) groups excluding carboxylic acids is 3. The Bertz CT molecular complexity index is 893. The molecular weight excluding hydrogens is 350 g/mol. The monoisotopic (exact) mass is 369 g/mol. The molecule has 3 rings (SSSR count). The van der Waals surface area contributed by atoms with Crippen molar-refractivity contribution < 1.29 is 29.0 Å². The summed E-state index contributed by atoms with van der Waals surface area (Å²) in [7, 11) is 0. The van der Waals surface area contributed by atoms with Crippen molar-refractivity contribution in [3.8, 4) is 11.5 Å². The average Bonchev–Trinajstić information content (AvgIpc) is 2.65. The molecule has 0 radical (unpaired) electrons. The van der Waals surface area contributed by atoms with E-state index in [1.807, 2.05) is 0 Å². The van der Waals surface area contributed by atoms with Crippen LogP contribution in [0, 0.1) is 0 Å². The number of ether oxygens (including phenoxy) is 2. The lowest BCUT2D eigenvalue weighted by molar-refractivity contribution is -0.147. The molecule has 1 heterocycles. The van der Waals surface area contributed by atoms with Gasteiger partial charge in [0.15, 0.2) is 5.92 Å². The number of anilines is 1. The van der Waals surface area contributed by atoms with Gasteiger partial charge in [0.05, 0.1) is 24.5 Å². The summed E-state index contributed by atoms with van der Waals surface area (Å²) in [6, 6.07) is 11.0. The number of carbonyl (C=O) groups is 3. The second-order valence-corrected chi connectivity index (χ2v) is 5.80. The number of nitrogens with zero attached hydrogens (tertiary/aromatic N) is 1. The summed E-state index contributed by atoms with van der Waals surface area (Å²) in [5.41, 5.74) is 0.202. The molecule has 0 saturated carbocycles. The van der Waals surface area contributed by atoms with Gasteiger partial charge in [0.25, 0.3) is 11.8 Å². The molecule has 0 aliphatic carbocycles. The van der Waals surface area contributed by atoms with Crippen molar-refractivity contribution >= 4 is 23.5 Å². The number of imide groups is 1. The third-order valence-corrected chi connectivity index (χ3v) is 4.19. The van der Waals surface area contributed by atoms with Gasteiger partial charge in [-0.25, -0.2) is 4.90 Å². The molecule has 1 aliphatic rings. The van der Waals surface area contributed by atoms with Crippen LogP contribution >= 0.6 is 0 Å². The van der Waals surface area contributed by atoms with Gasteiger partial charge in [-0.3, -0.25) is 14.4 Å². The van der Waals surface area contributed by atoms with Crippen LogP contribution in [0.4, 0.5) is 5.69 Å². The van der Waals surface area contributed by atoms with E-state index in [0.717, 1.165) is 4.90 Å². The molecule has 140 valence electrons. The van der Waals surface area contributed by atoms with Crippen molar-refractivity contribution in [3.63, 3.8) is 0 Å². The maximum Gasteiger partial charge on any atom is 0.323 e. The zero-order valence-electron chi connectivity index (χ0n) is 15.0. The van der Waals surface area contributed by atoms with Crippen LogP contribution in [0.5, 0.6) is 11.5 Å². The summed E-state index contributed by atoms with van der Waals surface area (Å²) >= 11 is 0. The molecule has 7 nitrogen and oxygen atoms in total. The first-order valence-electron chi connectivity index (χ1n) is 8.59. The van der Waals surface area contributed by atoms with Crippen LogP contribution in [0.1, 0.15) is 35.7 Å². The van der Waals surface area contributed by atoms with Crippen LogP contribution in [-0.2, 0) is 14.3 Å². The molecule has 0 saturated heterocycles. The van der Waals surface area contributed by atoms with Gasteiger partial charge in [0.1, 0.15) is 11.5 Å². The smallest absolute Gasteiger partial charge is 0.323 e. The first kappa shape index (κ1) is 18.4. The van der Waals surface area contributed by atoms with Gasteiger partial charge in [-0.15, -0.1) is 0 Å². The summed E-state index contributed by atoms with van der Waals surface area (Å²) < 4.78 is 10.6. The van der Waals surface area contributed by atoms with Crippen molar-refractivity contribution in [2.45, 2.75) is 19.8 Å². The van der Waals surface area contributed by atoms with Gasteiger partial charge in [-0.1, -0.05) is 18.2 Å². The Morgan fingerprint density at radius 1 is 1.07 bits per heavy atom. The highest BCUT2D eigenvalue weighted by molar-refractivity contribution is 6.31. The number of esters is 1. The third-order valence-electron chi connectivity index (χ3n) is 4.19. The average molecular weight is 369 g/mol. The second-order valence-electron chi connectivity index (χ2n) is 5.80. The fourth-order valence-electron chi connectivity index (χ4n) is 3.11. The van der Waals surface area contributed by atoms with Gasteiger partial charge >= 0.3 is 5.97 Å². The first-order valence-corrected chi connectivity index (χ1v) is 8.59. The lowest BCUT2D eigenvalue weighted by Crippen LogP contribution is -2.47. The topological polar surface area (TPSA) is 93.1 Å². The molecule has 0 bridgehead atoms. The standard InChI is InChI=1S/C20H19NO6/c1-3-26-14-11-10-13(22)15-16(14)17(20(25)27-4-2)19(24)21(18(15)23)12-8-6-5-7-9-12/h5-11,17,22H,3-4H2,1-2H3. The summed E-state index contributed by atoms with van der Waals surface area (Å²) in [6.45, 7) is 3.69. The number of phenolic OH excluding ortho intramolecular Hbond substituents is 1. The van der Waals surface area contributed by atoms with Crippen LogP contribution in [0.15, 0.2) is 42.5 Å².